The van der Waals surface area contributed by atoms with Gasteiger partial charge in [-0.25, -0.2) is 9.59 Å². The van der Waals surface area contributed by atoms with Crippen LogP contribution in [-0.2, 0) is 9.59 Å². The van der Waals surface area contributed by atoms with Crippen LogP contribution in [0.15, 0.2) is 12.2 Å². The van der Waals surface area contributed by atoms with E-state index in [-0.39, 0.29) is 0 Å². The highest BCUT2D eigenvalue weighted by atomic mass is 16.4. The topological polar surface area (TPSA) is 74.6 Å². The normalized spacial score (nSPS) is 27.2. The highest BCUT2D eigenvalue weighted by Crippen LogP contribution is 2.40. The fourth-order valence-corrected chi connectivity index (χ4v) is 2.42. The third-order valence-electron chi connectivity index (χ3n) is 3.32. The van der Waals surface area contributed by atoms with Crippen LogP contribution in [0.2, 0.25) is 0 Å². The summed E-state index contributed by atoms with van der Waals surface area (Å²) in [5.41, 5.74) is 0. The molecule has 0 spiro atoms. The van der Waals surface area contributed by atoms with E-state index in [1.807, 2.05) is 0 Å². The van der Waals surface area contributed by atoms with Crippen LogP contribution in [0.25, 0.3) is 0 Å². The summed E-state index contributed by atoms with van der Waals surface area (Å²) in [6, 6.07) is 0. The number of carbonyl (C=O) groups is 2. The lowest BCUT2D eigenvalue weighted by atomic mass is 9.71. The smallest absolute Gasteiger partial charge is 0.328 e. The Morgan fingerprint density at radius 1 is 0.750 bits per heavy atom. The molecule has 0 saturated heterocycles. The number of rotatable bonds is 2. The summed E-state index contributed by atoms with van der Waals surface area (Å²) >= 11 is 0. The third-order valence-corrected chi connectivity index (χ3v) is 3.32. The molecule has 3 rings (SSSR count). The average molecular weight is 226 g/mol. The average Bonchev–Trinajstić information content (AvgIpc) is 2.30. The fraction of sp³-hybridized carbons (Fsp3) is 0.667. The van der Waals surface area contributed by atoms with Gasteiger partial charge in [-0.3, -0.25) is 0 Å². The molecule has 2 bridgehead atoms. The van der Waals surface area contributed by atoms with Crippen molar-refractivity contribution in [3.8, 4) is 0 Å². The van der Waals surface area contributed by atoms with E-state index in [2.05, 4.69) is 0 Å². The van der Waals surface area contributed by atoms with Gasteiger partial charge in [0, 0.05) is 12.2 Å². The highest BCUT2D eigenvalue weighted by Gasteiger charge is 2.26. The largest absolute Gasteiger partial charge is 0.478 e. The second-order valence-electron chi connectivity index (χ2n) is 4.47. The van der Waals surface area contributed by atoms with Gasteiger partial charge in [-0.1, -0.05) is 38.5 Å². The Morgan fingerprint density at radius 3 is 1.12 bits per heavy atom. The standard InChI is InChI=1S/C8H14.C4H4O4/c1-2-8-5-3-7(1)4-6-8;5-3(6)1-2-4(7)8/h7-8H,1-6H2;1-2H,(H,5,6)(H,7,8). The molecule has 0 heterocycles. The van der Waals surface area contributed by atoms with Crippen LogP contribution in [0.5, 0.6) is 0 Å². The van der Waals surface area contributed by atoms with E-state index >= 15 is 0 Å². The van der Waals surface area contributed by atoms with E-state index in [1.54, 1.807) is 38.5 Å². The maximum Gasteiger partial charge on any atom is 0.328 e. The minimum absolute atomic E-state index is 0.558. The van der Waals surface area contributed by atoms with E-state index in [1.165, 1.54) is 0 Å². The Balaban J connectivity index is 0.000000160. The number of fused-ring (bicyclic) bond motifs is 3. The lowest BCUT2D eigenvalue weighted by molar-refractivity contribution is -0.134. The molecule has 90 valence electrons. The zero-order valence-electron chi connectivity index (χ0n) is 9.26. The molecule has 4 heteroatoms. The summed E-state index contributed by atoms with van der Waals surface area (Å²) in [6.45, 7) is 0. The molecule has 2 N–H and O–H groups in total. The summed E-state index contributed by atoms with van der Waals surface area (Å²) in [4.78, 5) is 19.1. The van der Waals surface area contributed by atoms with E-state index < -0.39 is 11.9 Å². The Kier molecular flexibility index (Phi) is 5.02. The van der Waals surface area contributed by atoms with Crippen molar-refractivity contribution in [2.45, 2.75) is 38.5 Å². The number of carboxylic acids is 2. The molecule has 0 amide bonds. The summed E-state index contributed by atoms with van der Waals surface area (Å²) < 4.78 is 0. The van der Waals surface area contributed by atoms with Gasteiger partial charge in [-0.15, -0.1) is 0 Å². The van der Waals surface area contributed by atoms with E-state index in [0.717, 1.165) is 11.8 Å². The molecule has 3 saturated carbocycles. The molecule has 3 aliphatic carbocycles. The first kappa shape index (κ1) is 12.7. The molecule has 0 aromatic rings. The van der Waals surface area contributed by atoms with Gasteiger partial charge in [0.15, 0.2) is 0 Å². The summed E-state index contributed by atoms with van der Waals surface area (Å²) in [7, 11) is 0. The molecule has 3 aliphatic rings. The van der Waals surface area contributed by atoms with Crippen molar-refractivity contribution in [3.63, 3.8) is 0 Å². The molecule has 0 unspecified atom stereocenters. The van der Waals surface area contributed by atoms with Crippen LogP contribution in [0.4, 0.5) is 0 Å². The number of hydrogen-bond acceptors (Lipinski definition) is 2. The Labute approximate surface area is 95.0 Å². The Bertz CT molecular complexity index is 236. The van der Waals surface area contributed by atoms with Crippen molar-refractivity contribution < 1.29 is 19.8 Å². The number of hydrogen-bond donors (Lipinski definition) is 2. The predicted octanol–water partition coefficient (Wildman–Crippen LogP) is 2.30. The Hall–Kier alpha value is -1.32. The van der Waals surface area contributed by atoms with Crippen LogP contribution in [0.3, 0.4) is 0 Å². The fourth-order valence-electron chi connectivity index (χ4n) is 2.42. The molecule has 16 heavy (non-hydrogen) atoms. The summed E-state index contributed by atoms with van der Waals surface area (Å²) in [5.74, 6) is -0.209. The molecule has 3 fully saturated rings. The minimum atomic E-state index is -1.26. The van der Waals surface area contributed by atoms with Gasteiger partial charge in [0.05, 0.1) is 0 Å². The van der Waals surface area contributed by atoms with Crippen molar-refractivity contribution in [3.05, 3.63) is 12.2 Å². The Morgan fingerprint density at radius 2 is 1.00 bits per heavy atom. The quantitative estimate of drug-likeness (QED) is 0.708. The molecule has 0 atom stereocenters. The van der Waals surface area contributed by atoms with Crippen molar-refractivity contribution >= 4 is 11.9 Å². The second kappa shape index (κ2) is 6.30. The van der Waals surface area contributed by atoms with Crippen LogP contribution >= 0.6 is 0 Å². The van der Waals surface area contributed by atoms with Gasteiger partial charge in [0.1, 0.15) is 0 Å². The molecular formula is C12H18O4. The molecular weight excluding hydrogens is 208 g/mol. The van der Waals surface area contributed by atoms with Crippen molar-refractivity contribution in [1.82, 2.24) is 0 Å². The van der Waals surface area contributed by atoms with Crippen LogP contribution < -0.4 is 0 Å². The zero-order chi connectivity index (χ0) is 12.0. The molecule has 0 radical (unpaired) electrons. The maximum atomic E-state index is 9.55. The van der Waals surface area contributed by atoms with Crippen LogP contribution in [0, 0.1) is 11.8 Å². The third kappa shape index (κ3) is 4.96. The minimum Gasteiger partial charge on any atom is -0.478 e. The molecule has 0 aliphatic heterocycles. The van der Waals surface area contributed by atoms with Crippen LogP contribution in [-0.4, -0.2) is 22.2 Å². The monoisotopic (exact) mass is 226 g/mol. The zero-order valence-corrected chi connectivity index (χ0v) is 9.26. The molecule has 0 aromatic carbocycles. The first-order valence-electron chi connectivity index (χ1n) is 5.72. The van der Waals surface area contributed by atoms with Crippen molar-refractivity contribution in [2.24, 2.45) is 11.8 Å². The highest BCUT2D eigenvalue weighted by molar-refractivity contribution is 5.89. The van der Waals surface area contributed by atoms with Gasteiger partial charge < -0.3 is 10.2 Å². The first-order chi connectivity index (χ1) is 7.58. The van der Waals surface area contributed by atoms with E-state index in [4.69, 9.17) is 10.2 Å². The van der Waals surface area contributed by atoms with Crippen molar-refractivity contribution in [2.75, 3.05) is 0 Å². The van der Waals surface area contributed by atoms with Gasteiger partial charge in [-0.2, -0.15) is 0 Å². The number of carboxylic acid groups (broad SMARTS) is 2. The van der Waals surface area contributed by atoms with Gasteiger partial charge >= 0.3 is 11.9 Å². The predicted molar refractivity (Wildman–Crippen MR) is 59.1 cm³/mol. The number of aliphatic carboxylic acids is 2. The van der Waals surface area contributed by atoms with E-state index in [9.17, 15) is 9.59 Å². The SMILES string of the molecule is C1CC2CCC1CC2.O=C(O)C=CC(=O)O. The second-order valence-corrected chi connectivity index (χ2v) is 4.47. The lowest BCUT2D eigenvalue weighted by Crippen LogP contribution is -2.21. The van der Waals surface area contributed by atoms with Crippen LogP contribution in [0.1, 0.15) is 38.5 Å². The molecule has 0 aromatic heterocycles. The summed E-state index contributed by atoms with van der Waals surface area (Å²) in [5, 5.41) is 15.6. The van der Waals surface area contributed by atoms with E-state index in [0.29, 0.717) is 12.2 Å². The van der Waals surface area contributed by atoms with Gasteiger partial charge in [0.25, 0.3) is 0 Å². The summed E-state index contributed by atoms with van der Waals surface area (Å²) in [6.07, 6.45) is 10.5. The lowest BCUT2D eigenvalue weighted by Gasteiger charge is -2.35. The first-order valence-corrected chi connectivity index (χ1v) is 5.72. The van der Waals surface area contributed by atoms with Crippen molar-refractivity contribution in [1.29, 1.82) is 0 Å². The van der Waals surface area contributed by atoms with Gasteiger partial charge in [-0.05, 0) is 11.8 Å². The molecule has 4 nitrogen and oxygen atoms in total. The van der Waals surface area contributed by atoms with Gasteiger partial charge in [0.2, 0.25) is 0 Å². The maximum absolute atomic E-state index is 9.55.